The van der Waals surface area contributed by atoms with Crippen LogP contribution < -0.4 is 10.1 Å². The lowest BCUT2D eigenvalue weighted by molar-refractivity contribution is 0.0691. The largest absolute Gasteiger partial charge is 0.488 e. The Morgan fingerprint density at radius 1 is 1.00 bits per heavy atom. The van der Waals surface area contributed by atoms with Gasteiger partial charge in [0.25, 0.3) is 0 Å². The molecule has 3 saturated heterocycles. The number of fused-ring (bicyclic) bond motifs is 5. The van der Waals surface area contributed by atoms with Crippen molar-refractivity contribution in [1.82, 2.24) is 10.2 Å². The molecule has 130 valence electrons. The zero-order chi connectivity index (χ0) is 16.8. The van der Waals surface area contributed by atoms with Crippen molar-refractivity contribution < 1.29 is 4.74 Å². The molecule has 2 aromatic carbocycles. The van der Waals surface area contributed by atoms with Gasteiger partial charge in [-0.15, -0.1) is 0 Å². The van der Waals surface area contributed by atoms with Gasteiger partial charge < -0.3 is 15.0 Å². The minimum atomic E-state index is 0.221. The van der Waals surface area contributed by atoms with E-state index >= 15 is 0 Å². The van der Waals surface area contributed by atoms with E-state index in [0.29, 0.717) is 12.6 Å². The number of ether oxygens (including phenoxy) is 1. The van der Waals surface area contributed by atoms with Gasteiger partial charge in [-0.25, -0.2) is 0 Å². The van der Waals surface area contributed by atoms with Gasteiger partial charge in [0.2, 0.25) is 0 Å². The zero-order valence-electron chi connectivity index (χ0n) is 14.9. The SMILES string of the molecule is Cc1cccc2c1OCc1ccccc1C2NC1CN2CCC1CC2. The third-order valence-corrected chi connectivity index (χ3v) is 6.33. The number of hydrogen-bond donors (Lipinski definition) is 1. The second-order valence-corrected chi connectivity index (χ2v) is 7.82. The summed E-state index contributed by atoms with van der Waals surface area (Å²) >= 11 is 0. The van der Waals surface area contributed by atoms with Gasteiger partial charge in [0.1, 0.15) is 12.4 Å². The van der Waals surface area contributed by atoms with Crippen LogP contribution in [-0.4, -0.2) is 30.6 Å². The molecule has 0 amide bonds. The fourth-order valence-corrected chi connectivity index (χ4v) is 4.91. The van der Waals surface area contributed by atoms with E-state index in [1.54, 1.807) is 0 Å². The van der Waals surface area contributed by atoms with Crippen LogP contribution in [0.5, 0.6) is 5.75 Å². The second kappa shape index (κ2) is 6.15. The second-order valence-electron chi connectivity index (χ2n) is 7.82. The molecular formula is C22H26N2O. The first kappa shape index (κ1) is 15.4. The van der Waals surface area contributed by atoms with Gasteiger partial charge in [0.05, 0.1) is 6.04 Å². The van der Waals surface area contributed by atoms with Gasteiger partial charge >= 0.3 is 0 Å². The summed E-state index contributed by atoms with van der Waals surface area (Å²) < 4.78 is 6.24. The van der Waals surface area contributed by atoms with Crippen LogP contribution in [0.25, 0.3) is 0 Å². The number of para-hydroxylation sites is 1. The van der Waals surface area contributed by atoms with Crippen LogP contribution in [0.2, 0.25) is 0 Å². The van der Waals surface area contributed by atoms with Gasteiger partial charge in [-0.2, -0.15) is 0 Å². The molecule has 0 spiro atoms. The molecule has 2 bridgehead atoms. The number of nitrogens with zero attached hydrogens (tertiary/aromatic N) is 1. The molecule has 25 heavy (non-hydrogen) atoms. The smallest absolute Gasteiger partial charge is 0.127 e. The maximum atomic E-state index is 6.24. The summed E-state index contributed by atoms with van der Waals surface area (Å²) in [6.07, 6.45) is 2.67. The van der Waals surface area contributed by atoms with Crippen LogP contribution in [0.1, 0.15) is 41.1 Å². The summed E-state index contributed by atoms with van der Waals surface area (Å²) in [6, 6.07) is 16.1. The fourth-order valence-electron chi connectivity index (χ4n) is 4.91. The van der Waals surface area contributed by atoms with Crippen molar-refractivity contribution in [1.29, 1.82) is 0 Å². The minimum absolute atomic E-state index is 0.221. The quantitative estimate of drug-likeness (QED) is 0.907. The van der Waals surface area contributed by atoms with Crippen molar-refractivity contribution >= 4 is 0 Å². The molecule has 0 saturated carbocycles. The topological polar surface area (TPSA) is 24.5 Å². The van der Waals surface area contributed by atoms with E-state index in [4.69, 9.17) is 4.74 Å². The van der Waals surface area contributed by atoms with Crippen LogP contribution >= 0.6 is 0 Å². The Hall–Kier alpha value is -1.84. The summed E-state index contributed by atoms with van der Waals surface area (Å²) in [7, 11) is 0. The molecule has 4 aliphatic heterocycles. The molecule has 1 N–H and O–H groups in total. The van der Waals surface area contributed by atoms with Gasteiger partial charge in [-0.05, 0) is 55.5 Å². The van der Waals surface area contributed by atoms with E-state index in [1.807, 2.05) is 0 Å². The number of hydrogen-bond acceptors (Lipinski definition) is 3. The fraction of sp³-hybridized carbons (Fsp3) is 0.455. The molecule has 0 aliphatic carbocycles. The third-order valence-electron chi connectivity index (χ3n) is 6.33. The van der Waals surface area contributed by atoms with Gasteiger partial charge in [-0.1, -0.05) is 42.5 Å². The normalized spacial score (nSPS) is 30.1. The highest BCUT2D eigenvalue weighted by Crippen LogP contribution is 2.39. The Labute approximate surface area is 150 Å². The Bertz CT molecular complexity index is 779. The van der Waals surface area contributed by atoms with Crippen LogP contribution in [0.15, 0.2) is 42.5 Å². The summed E-state index contributed by atoms with van der Waals surface area (Å²) in [4.78, 5) is 2.62. The first-order valence-corrected chi connectivity index (χ1v) is 9.58. The summed E-state index contributed by atoms with van der Waals surface area (Å²) in [5.41, 5.74) is 5.20. The van der Waals surface area contributed by atoms with E-state index in [-0.39, 0.29) is 6.04 Å². The predicted octanol–water partition coefficient (Wildman–Crippen LogP) is 3.66. The van der Waals surface area contributed by atoms with Gasteiger partial charge in [-0.3, -0.25) is 0 Å². The van der Waals surface area contributed by atoms with Gasteiger partial charge in [0, 0.05) is 18.2 Å². The predicted molar refractivity (Wildman–Crippen MR) is 99.9 cm³/mol. The van der Waals surface area contributed by atoms with Crippen molar-refractivity contribution in [3.8, 4) is 5.75 Å². The summed E-state index contributed by atoms with van der Waals surface area (Å²) in [5, 5.41) is 4.05. The number of nitrogens with one attached hydrogen (secondary N) is 1. The standard InChI is InChI=1S/C22H26N2O/c1-15-5-4-8-19-21(23-20-13-24-11-9-16(20)10-12-24)18-7-3-2-6-17(18)14-25-22(15)19/h2-8,16,20-21,23H,9-14H2,1H3. The molecule has 2 atom stereocenters. The van der Waals surface area contributed by atoms with Crippen LogP contribution in [0, 0.1) is 12.8 Å². The highest BCUT2D eigenvalue weighted by Gasteiger charge is 2.36. The zero-order valence-corrected chi connectivity index (χ0v) is 14.9. The molecule has 0 aromatic heterocycles. The molecule has 0 radical (unpaired) electrons. The van der Waals surface area contributed by atoms with Crippen molar-refractivity contribution in [2.45, 2.75) is 38.5 Å². The maximum absolute atomic E-state index is 6.24. The number of benzene rings is 2. The van der Waals surface area contributed by atoms with E-state index < -0.39 is 0 Å². The lowest BCUT2D eigenvalue weighted by Crippen LogP contribution is -2.56. The monoisotopic (exact) mass is 334 g/mol. The number of aryl methyl sites for hydroxylation is 1. The third kappa shape index (κ3) is 2.66. The highest BCUT2D eigenvalue weighted by molar-refractivity contribution is 5.49. The van der Waals surface area contributed by atoms with Crippen LogP contribution in [0.3, 0.4) is 0 Å². The molecule has 4 aliphatic rings. The van der Waals surface area contributed by atoms with Gasteiger partial charge in [0.15, 0.2) is 0 Å². The van der Waals surface area contributed by atoms with E-state index in [9.17, 15) is 0 Å². The van der Waals surface area contributed by atoms with E-state index in [2.05, 4.69) is 59.6 Å². The lowest BCUT2D eigenvalue weighted by atomic mass is 9.82. The highest BCUT2D eigenvalue weighted by atomic mass is 16.5. The Morgan fingerprint density at radius 3 is 2.60 bits per heavy atom. The molecular weight excluding hydrogens is 308 g/mol. The molecule has 2 unspecified atom stereocenters. The molecule has 3 heteroatoms. The average Bonchev–Trinajstić information content (AvgIpc) is 2.81. The van der Waals surface area contributed by atoms with E-state index in [1.165, 1.54) is 54.7 Å². The van der Waals surface area contributed by atoms with Crippen molar-refractivity contribution in [2.75, 3.05) is 19.6 Å². The minimum Gasteiger partial charge on any atom is -0.488 e. The van der Waals surface area contributed by atoms with Crippen molar-refractivity contribution in [3.63, 3.8) is 0 Å². The summed E-state index contributed by atoms with van der Waals surface area (Å²) in [6.45, 7) is 6.56. The van der Waals surface area contributed by atoms with Crippen LogP contribution in [0.4, 0.5) is 0 Å². The Kier molecular flexibility index (Phi) is 3.79. The molecule has 3 fully saturated rings. The Balaban J connectivity index is 1.56. The molecule has 6 rings (SSSR count). The van der Waals surface area contributed by atoms with E-state index in [0.717, 1.165) is 11.7 Å². The molecule has 2 aromatic rings. The average molecular weight is 334 g/mol. The molecule has 4 heterocycles. The van der Waals surface area contributed by atoms with Crippen LogP contribution in [-0.2, 0) is 6.61 Å². The lowest BCUT2D eigenvalue weighted by Gasteiger charge is -2.46. The maximum Gasteiger partial charge on any atom is 0.127 e. The van der Waals surface area contributed by atoms with Crippen molar-refractivity contribution in [3.05, 3.63) is 64.7 Å². The number of piperidine rings is 3. The first-order valence-electron chi connectivity index (χ1n) is 9.58. The van der Waals surface area contributed by atoms with Crippen molar-refractivity contribution in [2.24, 2.45) is 5.92 Å². The molecule has 3 nitrogen and oxygen atoms in total. The first-order chi connectivity index (χ1) is 12.3. The Morgan fingerprint density at radius 2 is 1.80 bits per heavy atom. The summed E-state index contributed by atoms with van der Waals surface area (Å²) in [5.74, 6) is 1.88. The number of rotatable bonds is 2.